The normalized spacial score (nSPS) is 17.5. The van der Waals surface area contributed by atoms with Gasteiger partial charge in [-0.15, -0.1) is 0 Å². The van der Waals surface area contributed by atoms with Crippen molar-refractivity contribution in [2.45, 2.75) is 12.8 Å². The molecule has 0 amide bonds. The Labute approximate surface area is 84.0 Å². The van der Waals surface area contributed by atoms with Crippen LogP contribution in [0.2, 0.25) is 0 Å². The van der Waals surface area contributed by atoms with Crippen LogP contribution in [-0.2, 0) is 16.0 Å². The predicted molar refractivity (Wildman–Crippen MR) is 53.9 cm³/mol. The van der Waals surface area contributed by atoms with Crippen molar-refractivity contribution in [1.29, 1.82) is 0 Å². The average Bonchev–Trinajstić information content (AvgIpc) is 2.72. The van der Waals surface area contributed by atoms with E-state index in [1.54, 1.807) is 0 Å². The molecule has 3 nitrogen and oxygen atoms in total. The molecule has 0 aromatic heterocycles. The molecule has 1 saturated heterocycles. The Balaban J connectivity index is 2.05. The van der Waals surface area contributed by atoms with E-state index in [4.69, 9.17) is 9.47 Å². The Hall–Kier alpha value is -0.900. The topological polar surface area (TPSA) is 30.5 Å². The molecular weight excluding hydrogens is 178 g/mol. The van der Waals surface area contributed by atoms with Crippen molar-refractivity contribution in [2.75, 3.05) is 20.3 Å². The quantitative estimate of drug-likeness (QED) is 0.788. The number of ether oxygens (including phenoxy) is 2. The number of benzene rings is 1. The Bertz CT molecular complexity index is 278. The van der Waals surface area contributed by atoms with Gasteiger partial charge in [0.25, 0.3) is 0 Å². The van der Waals surface area contributed by atoms with Crippen molar-refractivity contribution in [3.8, 4) is 0 Å². The lowest BCUT2D eigenvalue weighted by molar-refractivity contribution is -0.0441. The monoisotopic (exact) mass is 193 g/mol. The molecule has 0 saturated carbocycles. The van der Waals surface area contributed by atoms with E-state index in [1.807, 2.05) is 7.05 Å². The summed E-state index contributed by atoms with van der Waals surface area (Å²) in [6, 6.07) is 8.30. The highest BCUT2D eigenvalue weighted by Gasteiger charge is 2.17. The Morgan fingerprint density at radius 1 is 1.21 bits per heavy atom. The van der Waals surface area contributed by atoms with Gasteiger partial charge < -0.3 is 14.8 Å². The van der Waals surface area contributed by atoms with E-state index >= 15 is 0 Å². The van der Waals surface area contributed by atoms with Gasteiger partial charge in [0.1, 0.15) is 0 Å². The lowest BCUT2D eigenvalue weighted by Crippen LogP contribution is -2.05. The fourth-order valence-corrected chi connectivity index (χ4v) is 1.55. The van der Waals surface area contributed by atoms with E-state index in [1.165, 1.54) is 5.56 Å². The molecule has 0 aliphatic carbocycles. The lowest BCUT2D eigenvalue weighted by Gasteiger charge is -2.09. The summed E-state index contributed by atoms with van der Waals surface area (Å²) in [6.45, 7) is 2.29. The van der Waals surface area contributed by atoms with Crippen LogP contribution in [-0.4, -0.2) is 20.3 Å². The maximum absolute atomic E-state index is 5.40. The van der Waals surface area contributed by atoms with Crippen LogP contribution in [0.1, 0.15) is 17.4 Å². The Kier molecular flexibility index (Phi) is 3.14. The molecule has 1 heterocycles. The number of hydrogen-bond donors (Lipinski definition) is 1. The lowest BCUT2D eigenvalue weighted by atomic mass is 10.1. The molecule has 1 aliphatic heterocycles. The van der Waals surface area contributed by atoms with E-state index in [-0.39, 0.29) is 6.29 Å². The summed E-state index contributed by atoms with van der Waals surface area (Å²) in [6.07, 6.45) is -0.154. The standard InChI is InChI=1S/C11H15NO2/c1-12-8-9-2-4-10(5-3-9)11-13-6-7-14-11/h2-5,11-12H,6-8H2,1H3. The Morgan fingerprint density at radius 3 is 2.43 bits per heavy atom. The van der Waals surface area contributed by atoms with Gasteiger partial charge in [-0.3, -0.25) is 0 Å². The first-order valence-electron chi connectivity index (χ1n) is 4.87. The van der Waals surface area contributed by atoms with Crippen LogP contribution >= 0.6 is 0 Å². The van der Waals surface area contributed by atoms with Crippen LogP contribution < -0.4 is 5.32 Å². The molecule has 76 valence electrons. The molecule has 0 unspecified atom stereocenters. The summed E-state index contributed by atoms with van der Waals surface area (Å²) in [5.74, 6) is 0. The second-order valence-corrected chi connectivity index (χ2v) is 3.35. The summed E-state index contributed by atoms with van der Waals surface area (Å²) < 4.78 is 10.8. The van der Waals surface area contributed by atoms with Gasteiger partial charge >= 0.3 is 0 Å². The highest BCUT2D eigenvalue weighted by Crippen LogP contribution is 2.23. The third kappa shape index (κ3) is 2.12. The second kappa shape index (κ2) is 4.55. The molecule has 1 aromatic carbocycles. The second-order valence-electron chi connectivity index (χ2n) is 3.35. The maximum Gasteiger partial charge on any atom is 0.184 e. The van der Waals surface area contributed by atoms with Crippen molar-refractivity contribution in [1.82, 2.24) is 5.32 Å². The SMILES string of the molecule is CNCc1ccc(C2OCCO2)cc1. The van der Waals surface area contributed by atoms with Crippen LogP contribution in [0.4, 0.5) is 0 Å². The molecule has 0 radical (unpaired) electrons. The first-order valence-corrected chi connectivity index (χ1v) is 4.87. The molecule has 1 fully saturated rings. The van der Waals surface area contributed by atoms with E-state index < -0.39 is 0 Å². The van der Waals surface area contributed by atoms with Gasteiger partial charge in [0, 0.05) is 12.1 Å². The molecule has 1 N–H and O–H groups in total. The largest absolute Gasteiger partial charge is 0.346 e. The molecule has 1 aliphatic rings. The van der Waals surface area contributed by atoms with Gasteiger partial charge in [-0.2, -0.15) is 0 Å². The van der Waals surface area contributed by atoms with Gasteiger partial charge in [-0.25, -0.2) is 0 Å². The molecule has 0 bridgehead atoms. The summed E-state index contributed by atoms with van der Waals surface area (Å²) >= 11 is 0. The van der Waals surface area contributed by atoms with Crippen molar-refractivity contribution in [3.05, 3.63) is 35.4 Å². The van der Waals surface area contributed by atoms with Gasteiger partial charge in [0.15, 0.2) is 6.29 Å². The molecule has 0 spiro atoms. The van der Waals surface area contributed by atoms with Gasteiger partial charge in [0.2, 0.25) is 0 Å². The van der Waals surface area contributed by atoms with Gasteiger partial charge in [0.05, 0.1) is 13.2 Å². The molecule has 2 rings (SSSR count). The zero-order chi connectivity index (χ0) is 9.80. The van der Waals surface area contributed by atoms with Crippen molar-refractivity contribution >= 4 is 0 Å². The van der Waals surface area contributed by atoms with Gasteiger partial charge in [-0.1, -0.05) is 24.3 Å². The van der Waals surface area contributed by atoms with Crippen LogP contribution in [0.3, 0.4) is 0 Å². The van der Waals surface area contributed by atoms with Crippen LogP contribution in [0.25, 0.3) is 0 Å². The van der Waals surface area contributed by atoms with E-state index in [9.17, 15) is 0 Å². The van der Waals surface area contributed by atoms with E-state index in [2.05, 4.69) is 29.6 Å². The minimum absolute atomic E-state index is 0.154. The minimum Gasteiger partial charge on any atom is -0.346 e. The van der Waals surface area contributed by atoms with E-state index in [0.29, 0.717) is 13.2 Å². The minimum atomic E-state index is -0.154. The summed E-state index contributed by atoms with van der Waals surface area (Å²) in [4.78, 5) is 0. The molecular formula is C11H15NO2. The maximum atomic E-state index is 5.40. The number of nitrogens with one attached hydrogen (secondary N) is 1. The molecule has 3 heteroatoms. The first kappa shape index (κ1) is 9.65. The van der Waals surface area contributed by atoms with Crippen LogP contribution in [0.5, 0.6) is 0 Å². The highest BCUT2D eigenvalue weighted by molar-refractivity contribution is 5.23. The zero-order valence-electron chi connectivity index (χ0n) is 8.32. The van der Waals surface area contributed by atoms with E-state index in [0.717, 1.165) is 12.1 Å². The summed E-state index contributed by atoms with van der Waals surface area (Å²) in [5, 5.41) is 3.11. The summed E-state index contributed by atoms with van der Waals surface area (Å²) in [5.41, 5.74) is 2.37. The fourth-order valence-electron chi connectivity index (χ4n) is 1.55. The van der Waals surface area contributed by atoms with Crippen LogP contribution in [0, 0.1) is 0 Å². The zero-order valence-corrected chi connectivity index (χ0v) is 8.32. The smallest absolute Gasteiger partial charge is 0.184 e. The van der Waals surface area contributed by atoms with Crippen molar-refractivity contribution in [3.63, 3.8) is 0 Å². The van der Waals surface area contributed by atoms with Crippen molar-refractivity contribution < 1.29 is 9.47 Å². The molecule has 14 heavy (non-hydrogen) atoms. The third-order valence-electron chi connectivity index (χ3n) is 2.25. The van der Waals surface area contributed by atoms with Crippen molar-refractivity contribution in [2.24, 2.45) is 0 Å². The summed E-state index contributed by atoms with van der Waals surface area (Å²) in [7, 11) is 1.94. The number of hydrogen-bond acceptors (Lipinski definition) is 3. The van der Waals surface area contributed by atoms with Crippen LogP contribution in [0.15, 0.2) is 24.3 Å². The Morgan fingerprint density at radius 2 is 1.86 bits per heavy atom. The highest BCUT2D eigenvalue weighted by atomic mass is 16.7. The number of rotatable bonds is 3. The molecule has 0 atom stereocenters. The predicted octanol–water partition coefficient (Wildman–Crippen LogP) is 1.45. The third-order valence-corrected chi connectivity index (χ3v) is 2.25. The molecule has 1 aromatic rings. The van der Waals surface area contributed by atoms with Gasteiger partial charge in [-0.05, 0) is 12.6 Å². The average molecular weight is 193 g/mol. The fraction of sp³-hybridized carbons (Fsp3) is 0.455. The first-order chi connectivity index (χ1) is 6.90.